The van der Waals surface area contributed by atoms with Crippen molar-refractivity contribution in [3.8, 4) is 11.5 Å². The Bertz CT molecular complexity index is 711. The van der Waals surface area contributed by atoms with Crippen molar-refractivity contribution in [1.82, 2.24) is 4.72 Å². The highest BCUT2D eigenvalue weighted by Crippen LogP contribution is 2.31. The van der Waals surface area contributed by atoms with E-state index in [1.54, 1.807) is 7.11 Å². The number of rotatable bonds is 7. The minimum atomic E-state index is -1.13. The molecular weight excluding hydrogens is 334 g/mol. The molecule has 2 atom stereocenters. The Labute approximate surface area is 153 Å². The second-order valence-electron chi connectivity index (χ2n) is 6.91. The summed E-state index contributed by atoms with van der Waals surface area (Å²) in [5.41, 5.74) is 2.10. The maximum atomic E-state index is 12.3. The van der Waals surface area contributed by atoms with Crippen molar-refractivity contribution in [1.29, 1.82) is 0 Å². The zero-order valence-corrected chi connectivity index (χ0v) is 16.4. The van der Waals surface area contributed by atoms with E-state index in [9.17, 15) is 4.21 Å². The maximum absolute atomic E-state index is 12.3. The fourth-order valence-corrected chi connectivity index (χ4v) is 3.02. The van der Waals surface area contributed by atoms with Crippen LogP contribution in [0.15, 0.2) is 48.5 Å². The van der Waals surface area contributed by atoms with Gasteiger partial charge in [-0.05, 0) is 51.0 Å². The zero-order valence-electron chi connectivity index (χ0n) is 15.5. The van der Waals surface area contributed by atoms with Crippen LogP contribution in [0.3, 0.4) is 0 Å². The van der Waals surface area contributed by atoms with Gasteiger partial charge in [0.05, 0.1) is 22.8 Å². The highest BCUT2D eigenvalue weighted by Gasteiger charge is 2.22. The molecule has 0 saturated carbocycles. The first-order valence-electron chi connectivity index (χ1n) is 8.34. The number of benzene rings is 2. The molecule has 2 aromatic rings. The van der Waals surface area contributed by atoms with Crippen molar-refractivity contribution in [3.05, 3.63) is 59.7 Å². The molecule has 0 aliphatic heterocycles. The van der Waals surface area contributed by atoms with E-state index in [2.05, 4.69) is 4.72 Å². The second-order valence-corrected chi connectivity index (χ2v) is 8.90. The first-order chi connectivity index (χ1) is 11.8. The standard InChI is InChI=1S/C20H27NO3S/c1-15(21-25(22)20(2,3)4)17-11-12-18(19(13-17)23-5)24-14-16-9-7-6-8-10-16/h6-13,15,21H,14H2,1-5H3/t15-,25?/m1/s1. The fraction of sp³-hybridized carbons (Fsp3) is 0.400. The molecule has 25 heavy (non-hydrogen) atoms. The van der Waals surface area contributed by atoms with Gasteiger partial charge in [-0.15, -0.1) is 0 Å². The van der Waals surface area contributed by atoms with Crippen molar-refractivity contribution < 1.29 is 13.7 Å². The van der Waals surface area contributed by atoms with Crippen LogP contribution >= 0.6 is 0 Å². The minimum absolute atomic E-state index is 0.0582. The lowest BCUT2D eigenvalue weighted by molar-refractivity contribution is 0.284. The third kappa shape index (κ3) is 5.58. The van der Waals surface area contributed by atoms with Gasteiger partial charge in [0.25, 0.3) is 0 Å². The molecule has 5 heteroatoms. The lowest BCUT2D eigenvalue weighted by atomic mass is 10.1. The second kappa shape index (κ2) is 8.50. The van der Waals surface area contributed by atoms with Crippen molar-refractivity contribution in [2.24, 2.45) is 0 Å². The zero-order chi connectivity index (χ0) is 18.4. The number of ether oxygens (including phenoxy) is 2. The first-order valence-corrected chi connectivity index (χ1v) is 9.49. The van der Waals surface area contributed by atoms with Crippen LogP contribution in [0.25, 0.3) is 0 Å². The molecule has 2 rings (SSSR count). The van der Waals surface area contributed by atoms with Crippen molar-refractivity contribution in [3.63, 3.8) is 0 Å². The summed E-state index contributed by atoms with van der Waals surface area (Å²) in [6, 6.07) is 15.7. The number of methoxy groups -OCH3 is 1. The average Bonchev–Trinajstić information content (AvgIpc) is 2.59. The Kier molecular flexibility index (Phi) is 6.62. The van der Waals surface area contributed by atoms with E-state index in [4.69, 9.17) is 9.47 Å². The lowest BCUT2D eigenvalue weighted by Crippen LogP contribution is -2.34. The quantitative estimate of drug-likeness (QED) is 0.796. The molecule has 0 aliphatic carbocycles. The summed E-state index contributed by atoms with van der Waals surface area (Å²) in [4.78, 5) is 0. The van der Waals surface area contributed by atoms with Gasteiger partial charge >= 0.3 is 0 Å². The van der Waals surface area contributed by atoms with Crippen LogP contribution in [0.2, 0.25) is 0 Å². The molecule has 0 saturated heterocycles. The van der Waals surface area contributed by atoms with E-state index in [-0.39, 0.29) is 10.8 Å². The monoisotopic (exact) mass is 361 g/mol. The molecule has 0 spiro atoms. The molecule has 2 aromatic carbocycles. The molecule has 136 valence electrons. The predicted molar refractivity (Wildman–Crippen MR) is 103 cm³/mol. The van der Waals surface area contributed by atoms with Gasteiger partial charge in [-0.2, -0.15) is 0 Å². The van der Waals surface area contributed by atoms with Gasteiger partial charge in [-0.1, -0.05) is 36.4 Å². The summed E-state index contributed by atoms with van der Waals surface area (Å²) in [7, 11) is 0.493. The first kappa shape index (κ1) is 19.5. The normalized spacial score (nSPS) is 14.0. The van der Waals surface area contributed by atoms with Crippen LogP contribution in [0.1, 0.15) is 44.9 Å². The van der Waals surface area contributed by atoms with E-state index in [0.29, 0.717) is 18.1 Å². The van der Waals surface area contributed by atoms with Gasteiger partial charge in [-0.25, -0.2) is 8.93 Å². The van der Waals surface area contributed by atoms with Crippen LogP contribution < -0.4 is 14.2 Å². The summed E-state index contributed by atoms with van der Waals surface area (Å²) in [5, 5.41) is 0. The molecular formula is C20H27NO3S. The molecule has 0 radical (unpaired) electrons. The van der Waals surface area contributed by atoms with Gasteiger partial charge in [0, 0.05) is 6.04 Å². The van der Waals surface area contributed by atoms with Gasteiger partial charge in [-0.3, -0.25) is 0 Å². The predicted octanol–water partition coefficient (Wildman–Crippen LogP) is 4.39. The minimum Gasteiger partial charge on any atom is -0.493 e. The Morgan fingerprint density at radius 1 is 1.08 bits per heavy atom. The summed E-state index contributed by atoms with van der Waals surface area (Å²) >= 11 is 0. The third-order valence-electron chi connectivity index (χ3n) is 3.76. The topological polar surface area (TPSA) is 47.6 Å². The summed E-state index contributed by atoms with van der Waals surface area (Å²) < 4.78 is 26.5. The van der Waals surface area contributed by atoms with Crippen LogP contribution in [0, 0.1) is 0 Å². The van der Waals surface area contributed by atoms with Crippen LogP contribution in [-0.4, -0.2) is 16.1 Å². The summed E-state index contributed by atoms with van der Waals surface area (Å²) in [6.45, 7) is 8.32. The third-order valence-corrected chi connectivity index (χ3v) is 5.44. The van der Waals surface area contributed by atoms with Crippen molar-refractivity contribution >= 4 is 11.0 Å². The Morgan fingerprint density at radius 2 is 1.76 bits per heavy atom. The number of hydrogen-bond donors (Lipinski definition) is 1. The van der Waals surface area contributed by atoms with Gasteiger partial charge in [0.2, 0.25) is 0 Å². The highest BCUT2D eigenvalue weighted by atomic mass is 32.2. The van der Waals surface area contributed by atoms with Crippen LogP contribution in [0.4, 0.5) is 0 Å². The molecule has 1 N–H and O–H groups in total. The Balaban J connectivity index is 2.09. The number of nitrogens with one attached hydrogen (secondary N) is 1. The molecule has 0 amide bonds. The van der Waals surface area contributed by atoms with Gasteiger partial charge in [0.15, 0.2) is 11.5 Å². The molecule has 0 fully saturated rings. The van der Waals surface area contributed by atoms with Gasteiger partial charge in [0.1, 0.15) is 6.61 Å². The average molecular weight is 362 g/mol. The van der Waals surface area contributed by atoms with Crippen LogP contribution in [0.5, 0.6) is 11.5 Å². The van der Waals surface area contributed by atoms with Gasteiger partial charge < -0.3 is 9.47 Å². The summed E-state index contributed by atoms with van der Waals surface area (Å²) in [6.07, 6.45) is 0. The Hall–Kier alpha value is -1.85. The molecule has 4 nitrogen and oxygen atoms in total. The van der Waals surface area contributed by atoms with E-state index in [0.717, 1.165) is 11.1 Å². The summed E-state index contributed by atoms with van der Waals surface area (Å²) in [5.74, 6) is 1.36. The highest BCUT2D eigenvalue weighted by molar-refractivity contribution is 7.84. The van der Waals surface area contributed by atoms with Crippen molar-refractivity contribution in [2.75, 3.05) is 7.11 Å². The number of hydrogen-bond acceptors (Lipinski definition) is 3. The molecule has 1 unspecified atom stereocenters. The molecule has 0 aliphatic rings. The van der Waals surface area contributed by atoms with E-state index in [1.165, 1.54) is 0 Å². The lowest BCUT2D eigenvalue weighted by Gasteiger charge is -2.22. The fourth-order valence-electron chi connectivity index (χ4n) is 2.21. The van der Waals surface area contributed by atoms with E-state index < -0.39 is 11.0 Å². The van der Waals surface area contributed by atoms with Crippen molar-refractivity contribution in [2.45, 2.75) is 45.1 Å². The Morgan fingerprint density at radius 3 is 2.36 bits per heavy atom. The largest absolute Gasteiger partial charge is 0.493 e. The maximum Gasteiger partial charge on any atom is 0.161 e. The van der Waals surface area contributed by atoms with E-state index in [1.807, 2.05) is 76.2 Å². The smallest absolute Gasteiger partial charge is 0.161 e. The SMILES string of the molecule is COc1cc([C@@H](C)NS(=O)C(C)(C)C)ccc1OCc1ccccc1. The molecule has 0 heterocycles. The van der Waals surface area contributed by atoms with E-state index >= 15 is 0 Å². The molecule has 0 aromatic heterocycles. The molecule has 0 bridgehead atoms. The van der Waals surface area contributed by atoms with Crippen LogP contribution in [-0.2, 0) is 17.6 Å².